The van der Waals surface area contributed by atoms with Crippen LogP contribution in [0.2, 0.25) is 0 Å². The van der Waals surface area contributed by atoms with Crippen LogP contribution in [0, 0.1) is 0 Å². The van der Waals surface area contributed by atoms with Gasteiger partial charge in [-0.25, -0.2) is 0 Å². The van der Waals surface area contributed by atoms with Crippen LogP contribution in [0.25, 0.3) is 0 Å². The minimum atomic E-state index is -0.869. The van der Waals surface area contributed by atoms with Gasteiger partial charge in [0.25, 0.3) is 0 Å². The quantitative estimate of drug-likeness (QED) is 0.662. The van der Waals surface area contributed by atoms with Gasteiger partial charge >= 0.3 is 0 Å². The van der Waals surface area contributed by atoms with E-state index in [-0.39, 0.29) is 5.60 Å². The van der Waals surface area contributed by atoms with E-state index in [2.05, 4.69) is 27.8 Å². The first-order chi connectivity index (χ1) is 8.66. The van der Waals surface area contributed by atoms with Gasteiger partial charge in [0.05, 0.1) is 0 Å². The zero-order valence-electron chi connectivity index (χ0n) is 11.8. The fourth-order valence-electron chi connectivity index (χ4n) is 1.67. The predicted molar refractivity (Wildman–Crippen MR) is 80.7 cm³/mol. The van der Waals surface area contributed by atoms with Crippen LogP contribution in [-0.4, -0.2) is 11.9 Å². The number of carbonyl (C=O) groups excluding carboxylic acids is 1. The molecular weight excluding hydrogens is 306 g/mol. The monoisotopic (exact) mass is 325 g/mol. The highest BCUT2D eigenvalue weighted by atomic mass is 79.9. The molecular formula is C15H20BrNO2. The molecule has 0 aliphatic rings. The van der Waals surface area contributed by atoms with Gasteiger partial charge in [0, 0.05) is 4.47 Å². The van der Waals surface area contributed by atoms with E-state index in [1.807, 2.05) is 45.0 Å². The summed E-state index contributed by atoms with van der Waals surface area (Å²) in [4.78, 5) is 11.5. The molecule has 1 unspecified atom stereocenters. The smallest absolute Gasteiger partial charge is 0.180 e. The highest BCUT2D eigenvalue weighted by molar-refractivity contribution is 9.10. The summed E-state index contributed by atoms with van der Waals surface area (Å²) >= 11 is 3.40. The summed E-state index contributed by atoms with van der Waals surface area (Å²) in [6.45, 7) is 11.4. The lowest BCUT2D eigenvalue weighted by Gasteiger charge is -2.31. The standard InChI is InChI=1S/C15H20BrNO2/c1-11(19-14(2,3)4)17-15(5,10-18)12-7-6-8-13(16)9-12/h6-10,17H,1H2,2-5H3. The van der Waals surface area contributed by atoms with Gasteiger partial charge in [0.15, 0.2) is 5.88 Å². The molecule has 0 fully saturated rings. The topological polar surface area (TPSA) is 38.3 Å². The fourth-order valence-corrected chi connectivity index (χ4v) is 2.07. The molecule has 19 heavy (non-hydrogen) atoms. The van der Waals surface area contributed by atoms with Crippen molar-refractivity contribution >= 4 is 22.2 Å². The summed E-state index contributed by atoms with van der Waals surface area (Å²) in [5, 5.41) is 3.04. The minimum absolute atomic E-state index is 0.356. The average molecular weight is 326 g/mol. The summed E-state index contributed by atoms with van der Waals surface area (Å²) in [5.74, 6) is 0.377. The number of nitrogens with one attached hydrogen (secondary N) is 1. The molecule has 0 heterocycles. The van der Waals surface area contributed by atoms with Crippen LogP contribution in [-0.2, 0) is 15.1 Å². The van der Waals surface area contributed by atoms with E-state index in [9.17, 15) is 4.79 Å². The van der Waals surface area contributed by atoms with Gasteiger partial charge in [-0.15, -0.1) is 0 Å². The number of hydrogen-bond acceptors (Lipinski definition) is 3. The van der Waals surface area contributed by atoms with E-state index in [4.69, 9.17) is 4.74 Å². The lowest BCUT2D eigenvalue weighted by Crippen LogP contribution is -2.42. The van der Waals surface area contributed by atoms with Crippen molar-refractivity contribution in [3.63, 3.8) is 0 Å². The SMILES string of the molecule is C=C(NC(C)(C=O)c1cccc(Br)c1)OC(C)(C)C. The summed E-state index contributed by atoms with van der Waals surface area (Å²) in [7, 11) is 0. The maximum atomic E-state index is 11.5. The van der Waals surface area contributed by atoms with Crippen molar-refractivity contribution in [2.24, 2.45) is 0 Å². The fraction of sp³-hybridized carbons (Fsp3) is 0.400. The molecule has 1 aromatic rings. The Labute approximate surface area is 123 Å². The first-order valence-corrected chi connectivity index (χ1v) is 6.84. The Hall–Kier alpha value is -1.29. The summed E-state index contributed by atoms with van der Waals surface area (Å²) in [6.07, 6.45) is 0.853. The Bertz CT molecular complexity index is 479. The van der Waals surface area contributed by atoms with Crippen molar-refractivity contribution in [3.8, 4) is 0 Å². The van der Waals surface area contributed by atoms with Crippen LogP contribution < -0.4 is 5.32 Å². The largest absolute Gasteiger partial charge is 0.474 e. The molecule has 104 valence electrons. The molecule has 3 nitrogen and oxygen atoms in total. The van der Waals surface area contributed by atoms with Crippen molar-refractivity contribution in [2.75, 3.05) is 0 Å². The van der Waals surface area contributed by atoms with Crippen molar-refractivity contribution in [1.82, 2.24) is 5.32 Å². The molecule has 0 bridgehead atoms. The predicted octanol–water partition coefficient (Wildman–Crippen LogP) is 3.74. The van der Waals surface area contributed by atoms with Crippen LogP contribution in [0.3, 0.4) is 0 Å². The normalized spacial score (nSPS) is 14.4. The summed E-state index contributed by atoms with van der Waals surface area (Å²) in [6, 6.07) is 7.58. The molecule has 1 atom stereocenters. The van der Waals surface area contributed by atoms with Crippen LogP contribution in [0.15, 0.2) is 41.2 Å². The molecule has 0 aromatic heterocycles. The molecule has 0 aliphatic carbocycles. The van der Waals surface area contributed by atoms with E-state index in [1.165, 1.54) is 0 Å². The third-order valence-corrected chi connectivity index (χ3v) is 2.98. The van der Waals surface area contributed by atoms with Gasteiger partial charge in [0.2, 0.25) is 0 Å². The Morgan fingerprint density at radius 2 is 2.00 bits per heavy atom. The number of halogens is 1. The number of hydrogen-bond donors (Lipinski definition) is 1. The second-order valence-electron chi connectivity index (χ2n) is 5.59. The van der Waals surface area contributed by atoms with E-state index in [1.54, 1.807) is 6.92 Å². The third kappa shape index (κ3) is 4.71. The van der Waals surface area contributed by atoms with E-state index >= 15 is 0 Å². The van der Waals surface area contributed by atoms with E-state index in [0.29, 0.717) is 5.88 Å². The molecule has 0 saturated carbocycles. The number of benzene rings is 1. The molecule has 0 amide bonds. The van der Waals surface area contributed by atoms with Crippen LogP contribution in [0.5, 0.6) is 0 Å². The summed E-state index contributed by atoms with van der Waals surface area (Å²) in [5.41, 5.74) is -0.382. The Balaban J connectivity index is 2.93. The molecule has 0 radical (unpaired) electrons. The van der Waals surface area contributed by atoms with Gasteiger partial charge in [-0.05, 0) is 52.0 Å². The highest BCUT2D eigenvalue weighted by Gasteiger charge is 2.28. The molecule has 0 saturated heterocycles. The van der Waals surface area contributed by atoms with Gasteiger partial charge in [-0.2, -0.15) is 0 Å². The van der Waals surface area contributed by atoms with Gasteiger partial charge in [-0.3, -0.25) is 0 Å². The van der Waals surface area contributed by atoms with Crippen LogP contribution in [0.4, 0.5) is 0 Å². The molecule has 1 rings (SSSR count). The molecule has 4 heteroatoms. The third-order valence-electron chi connectivity index (χ3n) is 2.49. The average Bonchev–Trinajstić information content (AvgIpc) is 2.26. The number of ether oxygens (including phenoxy) is 1. The van der Waals surface area contributed by atoms with Gasteiger partial charge < -0.3 is 14.8 Å². The van der Waals surface area contributed by atoms with E-state index < -0.39 is 5.54 Å². The molecule has 0 spiro atoms. The maximum absolute atomic E-state index is 11.5. The molecule has 0 aliphatic heterocycles. The van der Waals surface area contributed by atoms with Crippen LogP contribution in [0.1, 0.15) is 33.3 Å². The zero-order chi connectivity index (χ0) is 14.7. The number of rotatable bonds is 5. The van der Waals surface area contributed by atoms with Crippen molar-refractivity contribution in [2.45, 2.75) is 38.8 Å². The van der Waals surface area contributed by atoms with Crippen molar-refractivity contribution < 1.29 is 9.53 Å². The Kier molecular flexibility index (Phi) is 4.80. The van der Waals surface area contributed by atoms with Gasteiger partial charge in [-0.1, -0.05) is 28.1 Å². The second kappa shape index (κ2) is 5.78. The van der Waals surface area contributed by atoms with Crippen molar-refractivity contribution in [3.05, 3.63) is 46.8 Å². The lowest BCUT2D eigenvalue weighted by atomic mass is 9.94. The Morgan fingerprint density at radius 1 is 1.37 bits per heavy atom. The molecule has 1 aromatic carbocycles. The van der Waals surface area contributed by atoms with Crippen molar-refractivity contribution in [1.29, 1.82) is 0 Å². The number of aldehydes is 1. The maximum Gasteiger partial charge on any atom is 0.180 e. The zero-order valence-corrected chi connectivity index (χ0v) is 13.4. The number of carbonyl (C=O) groups is 1. The highest BCUT2D eigenvalue weighted by Crippen LogP contribution is 2.24. The molecule has 1 N–H and O–H groups in total. The van der Waals surface area contributed by atoms with E-state index in [0.717, 1.165) is 16.3 Å². The second-order valence-corrected chi connectivity index (χ2v) is 6.51. The summed E-state index contributed by atoms with van der Waals surface area (Å²) < 4.78 is 6.53. The van der Waals surface area contributed by atoms with Gasteiger partial charge in [0.1, 0.15) is 17.4 Å². The first kappa shape index (κ1) is 15.8. The minimum Gasteiger partial charge on any atom is -0.474 e. The first-order valence-electron chi connectivity index (χ1n) is 6.05. The Morgan fingerprint density at radius 3 is 2.47 bits per heavy atom. The van der Waals surface area contributed by atoms with Crippen LogP contribution >= 0.6 is 15.9 Å². The lowest BCUT2D eigenvalue weighted by molar-refractivity contribution is -0.113.